The summed E-state index contributed by atoms with van der Waals surface area (Å²) in [5.74, 6) is -0.904. The third kappa shape index (κ3) is 5.09. The van der Waals surface area contributed by atoms with Crippen molar-refractivity contribution in [3.05, 3.63) is 81.5 Å². The molecule has 6 heteroatoms. The summed E-state index contributed by atoms with van der Waals surface area (Å²) in [6.45, 7) is 8.36. The van der Waals surface area contributed by atoms with Gasteiger partial charge >= 0.3 is 5.97 Å². The average molecular weight is 532 g/mol. The second kappa shape index (κ2) is 10.6. The fourth-order valence-electron chi connectivity index (χ4n) is 6.15. The number of hydrogen-bond donors (Lipinski definition) is 1. The molecule has 1 fully saturated rings. The van der Waals surface area contributed by atoms with E-state index in [1.54, 1.807) is 13.1 Å². The molecule has 0 saturated heterocycles. The van der Waals surface area contributed by atoms with E-state index >= 15 is 8.78 Å². The molecular formula is C33H35F2NO3. The second-order valence-electron chi connectivity index (χ2n) is 11.1. The van der Waals surface area contributed by atoms with E-state index in [4.69, 9.17) is 9.72 Å². The Morgan fingerprint density at radius 1 is 1.08 bits per heavy atom. The van der Waals surface area contributed by atoms with Gasteiger partial charge in [0, 0.05) is 45.8 Å². The molecular weight excluding hydrogens is 496 g/mol. The van der Waals surface area contributed by atoms with Gasteiger partial charge in [-0.25, -0.2) is 13.6 Å². The van der Waals surface area contributed by atoms with Gasteiger partial charge in [-0.05, 0) is 81.0 Å². The molecule has 1 saturated carbocycles. The van der Waals surface area contributed by atoms with Crippen LogP contribution >= 0.6 is 0 Å². The van der Waals surface area contributed by atoms with E-state index in [-0.39, 0.29) is 29.5 Å². The molecule has 1 aliphatic carbocycles. The van der Waals surface area contributed by atoms with Crippen LogP contribution in [0.5, 0.6) is 0 Å². The molecule has 1 aromatic heterocycles. The molecule has 0 unspecified atom stereocenters. The highest BCUT2D eigenvalue weighted by molar-refractivity contribution is 5.98. The van der Waals surface area contributed by atoms with Crippen LogP contribution in [0.25, 0.3) is 27.6 Å². The van der Waals surface area contributed by atoms with E-state index in [1.165, 1.54) is 12.1 Å². The Labute approximate surface area is 228 Å². The molecule has 0 amide bonds. The molecule has 0 bridgehead atoms. The molecule has 1 aliphatic heterocycles. The van der Waals surface area contributed by atoms with Crippen LogP contribution in [0.1, 0.15) is 86.8 Å². The molecule has 2 heterocycles. The first kappa shape index (κ1) is 27.0. The first-order chi connectivity index (χ1) is 18.6. The zero-order chi connectivity index (χ0) is 27.9. The number of halogens is 2. The van der Waals surface area contributed by atoms with E-state index in [1.807, 2.05) is 32.0 Å². The van der Waals surface area contributed by atoms with Crippen molar-refractivity contribution in [3.8, 4) is 11.1 Å². The third-order valence-electron chi connectivity index (χ3n) is 8.39. The number of nitrogens with zero attached hydrogens (tertiary/aromatic N) is 1. The van der Waals surface area contributed by atoms with Crippen molar-refractivity contribution in [2.24, 2.45) is 0 Å². The summed E-state index contributed by atoms with van der Waals surface area (Å²) < 4.78 is 37.6. The number of carbonyl (C=O) groups is 1. The lowest BCUT2D eigenvalue weighted by molar-refractivity contribution is 0.0695. The Bertz CT molecular complexity index is 1530. The van der Waals surface area contributed by atoms with Crippen molar-refractivity contribution in [2.75, 3.05) is 6.61 Å². The monoisotopic (exact) mass is 531 g/mol. The predicted octanol–water partition coefficient (Wildman–Crippen LogP) is 8.61. The van der Waals surface area contributed by atoms with Gasteiger partial charge in [0.2, 0.25) is 0 Å². The molecule has 3 aromatic rings. The van der Waals surface area contributed by atoms with E-state index in [9.17, 15) is 9.90 Å². The highest BCUT2D eigenvalue weighted by Crippen LogP contribution is 2.40. The van der Waals surface area contributed by atoms with Crippen molar-refractivity contribution in [2.45, 2.75) is 78.3 Å². The normalized spacial score (nSPS) is 17.5. The van der Waals surface area contributed by atoms with Gasteiger partial charge in [0.25, 0.3) is 0 Å². The van der Waals surface area contributed by atoms with Crippen LogP contribution in [0.4, 0.5) is 8.78 Å². The van der Waals surface area contributed by atoms with E-state index in [0.29, 0.717) is 30.5 Å². The van der Waals surface area contributed by atoms with Gasteiger partial charge in [0.1, 0.15) is 23.9 Å². The summed E-state index contributed by atoms with van der Waals surface area (Å²) in [6.07, 6.45) is 6.09. The van der Waals surface area contributed by atoms with Crippen molar-refractivity contribution in [3.63, 3.8) is 0 Å². The van der Waals surface area contributed by atoms with Gasteiger partial charge in [-0.3, -0.25) is 4.98 Å². The van der Waals surface area contributed by atoms with Crippen LogP contribution in [-0.4, -0.2) is 28.3 Å². The maximum absolute atomic E-state index is 15.9. The van der Waals surface area contributed by atoms with Crippen molar-refractivity contribution < 1.29 is 23.4 Å². The smallest absolute Gasteiger partial charge is 0.336 e. The Morgan fingerprint density at radius 2 is 1.82 bits per heavy atom. The average Bonchev–Trinajstić information content (AvgIpc) is 2.90. The topological polar surface area (TPSA) is 59.4 Å². The standard InChI is InChI=1S/C33H35F2NO3/c1-5-25-27(32(37)38)10-9-26(30(25)34)28-14-22(16-33(35)11-7-6-8-12-33)13-23-15-24(17-36-31(23)28)29-20(3)19(2)18-39-21(29)4/h9-10,13-15,17H,5-8,11-12,16,18H2,1-4H3,(H,37,38). The maximum Gasteiger partial charge on any atom is 0.336 e. The molecule has 0 spiro atoms. The molecule has 1 N–H and O–H groups in total. The van der Waals surface area contributed by atoms with Gasteiger partial charge in [-0.15, -0.1) is 0 Å². The fourth-order valence-corrected chi connectivity index (χ4v) is 6.15. The van der Waals surface area contributed by atoms with Crippen LogP contribution in [0, 0.1) is 5.82 Å². The molecule has 0 radical (unpaired) electrons. The number of alkyl halides is 1. The lowest BCUT2D eigenvalue weighted by atomic mass is 9.81. The predicted molar refractivity (Wildman–Crippen MR) is 151 cm³/mol. The van der Waals surface area contributed by atoms with E-state index in [2.05, 4.69) is 6.92 Å². The summed E-state index contributed by atoms with van der Waals surface area (Å²) >= 11 is 0. The van der Waals surface area contributed by atoms with Crippen molar-refractivity contribution in [1.82, 2.24) is 4.98 Å². The maximum atomic E-state index is 15.9. The van der Waals surface area contributed by atoms with Crippen LogP contribution < -0.4 is 0 Å². The Kier molecular flexibility index (Phi) is 7.32. The Morgan fingerprint density at radius 3 is 2.51 bits per heavy atom. The summed E-state index contributed by atoms with van der Waals surface area (Å²) in [6, 6.07) is 8.80. The van der Waals surface area contributed by atoms with E-state index < -0.39 is 17.5 Å². The SMILES string of the molecule is CCc1c(C(=O)O)ccc(-c2cc(CC3(F)CCCCC3)cc3cc(C4=C(C)OCC(C)=C4C)cnc23)c1F. The molecule has 2 aliphatic rings. The lowest BCUT2D eigenvalue weighted by Crippen LogP contribution is -2.28. The van der Waals surface area contributed by atoms with Crippen LogP contribution in [-0.2, 0) is 17.6 Å². The number of aromatic carboxylic acids is 1. The molecule has 2 aromatic carbocycles. The van der Waals surface area contributed by atoms with Crippen LogP contribution in [0.2, 0.25) is 0 Å². The zero-order valence-electron chi connectivity index (χ0n) is 23.1. The van der Waals surface area contributed by atoms with Crippen LogP contribution in [0.15, 0.2) is 53.4 Å². The number of benzene rings is 2. The number of fused-ring (bicyclic) bond motifs is 1. The molecule has 4 nitrogen and oxygen atoms in total. The number of rotatable bonds is 6. The Balaban J connectivity index is 1.72. The molecule has 5 rings (SSSR count). The van der Waals surface area contributed by atoms with Gasteiger partial charge in [-0.2, -0.15) is 0 Å². The second-order valence-corrected chi connectivity index (χ2v) is 11.1. The number of ether oxygens (including phenoxy) is 1. The van der Waals surface area contributed by atoms with Crippen LogP contribution in [0.3, 0.4) is 0 Å². The minimum atomic E-state index is -1.29. The fraction of sp³-hybridized carbons (Fsp3) is 0.394. The number of aromatic nitrogens is 1. The largest absolute Gasteiger partial charge is 0.493 e. The minimum absolute atomic E-state index is 0.0447. The van der Waals surface area contributed by atoms with E-state index in [0.717, 1.165) is 58.3 Å². The first-order valence-corrected chi connectivity index (χ1v) is 13.8. The van der Waals surface area contributed by atoms with Gasteiger partial charge in [0.05, 0.1) is 11.1 Å². The first-order valence-electron chi connectivity index (χ1n) is 13.8. The highest BCUT2D eigenvalue weighted by Gasteiger charge is 2.32. The third-order valence-corrected chi connectivity index (χ3v) is 8.39. The van der Waals surface area contributed by atoms with Gasteiger partial charge < -0.3 is 9.84 Å². The quantitative estimate of drug-likeness (QED) is 0.346. The summed E-state index contributed by atoms with van der Waals surface area (Å²) in [5.41, 5.74) is 5.20. The number of pyridine rings is 1. The number of carboxylic acids is 1. The highest BCUT2D eigenvalue weighted by atomic mass is 19.1. The summed E-state index contributed by atoms with van der Waals surface area (Å²) in [7, 11) is 0. The number of allylic oxidation sites excluding steroid dienone is 3. The zero-order valence-corrected chi connectivity index (χ0v) is 23.1. The summed E-state index contributed by atoms with van der Waals surface area (Å²) in [4.78, 5) is 16.5. The van der Waals surface area contributed by atoms with Gasteiger partial charge in [0.15, 0.2) is 0 Å². The Hall–Kier alpha value is -3.54. The number of carboxylic acid groups (broad SMARTS) is 1. The molecule has 0 atom stereocenters. The van der Waals surface area contributed by atoms with Gasteiger partial charge in [-0.1, -0.05) is 32.3 Å². The lowest BCUT2D eigenvalue weighted by Gasteiger charge is -2.30. The van der Waals surface area contributed by atoms with Crippen molar-refractivity contribution >= 4 is 22.4 Å². The molecule has 39 heavy (non-hydrogen) atoms. The van der Waals surface area contributed by atoms with Crippen molar-refractivity contribution in [1.29, 1.82) is 0 Å². The summed E-state index contributed by atoms with van der Waals surface area (Å²) in [5, 5.41) is 10.4. The number of hydrogen-bond acceptors (Lipinski definition) is 3. The minimum Gasteiger partial charge on any atom is -0.493 e. The molecule has 204 valence electrons.